The van der Waals surface area contributed by atoms with Crippen molar-refractivity contribution < 1.29 is 19.0 Å². The van der Waals surface area contributed by atoms with Crippen LogP contribution in [0.5, 0.6) is 0 Å². The van der Waals surface area contributed by atoms with E-state index in [0.29, 0.717) is 0 Å². The molecule has 6 heteroatoms. The van der Waals surface area contributed by atoms with Crippen LogP contribution >= 0.6 is 0 Å². The lowest BCUT2D eigenvalue weighted by Gasteiger charge is -2.05. The van der Waals surface area contributed by atoms with Gasteiger partial charge in [0.05, 0.1) is 12.2 Å². The number of nitrogens with one attached hydrogen (secondary N) is 1. The summed E-state index contributed by atoms with van der Waals surface area (Å²) in [5, 5.41) is 12.5. The highest BCUT2D eigenvalue weighted by atomic mass is 19.1. The SMILES string of the molecule is CCOC(=O)/C(N=N)=C(\O)c1ccccc1F. The van der Waals surface area contributed by atoms with Crippen molar-refractivity contribution in [3.05, 3.63) is 41.3 Å². The number of hydrogen-bond donors (Lipinski definition) is 2. The summed E-state index contributed by atoms with van der Waals surface area (Å²) in [5.41, 5.74) is 5.97. The van der Waals surface area contributed by atoms with Gasteiger partial charge >= 0.3 is 5.97 Å². The van der Waals surface area contributed by atoms with Crippen molar-refractivity contribution in [1.29, 1.82) is 5.53 Å². The standard InChI is InChI=1S/C11H11FN2O3/c1-2-17-11(16)9(14-13)10(15)7-5-3-4-6-8(7)12/h3-6,13,15H,2H2,1H3/b10-9+,14-13?. The zero-order valence-corrected chi connectivity index (χ0v) is 9.11. The Morgan fingerprint density at radius 1 is 1.53 bits per heavy atom. The number of rotatable bonds is 4. The maximum Gasteiger partial charge on any atom is 0.362 e. The molecular formula is C11H11FN2O3. The third-order valence-electron chi connectivity index (χ3n) is 1.93. The number of hydrogen-bond acceptors (Lipinski definition) is 5. The molecule has 0 saturated heterocycles. The molecule has 0 spiro atoms. The normalized spacial score (nSPS) is 11.6. The summed E-state index contributed by atoms with van der Waals surface area (Å²) in [6.45, 7) is 1.64. The van der Waals surface area contributed by atoms with Crippen LogP contribution in [0, 0.1) is 11.3 Å². The van der Waals surface area contributed by atoms with Crippen molar-refractivity contribution in [1.82, 2.24) is 0 Å². The number of benzene rings is 1. The van der Waals surface area contributed by atoms with Gasteiger partial charge in [0.15, 0.2) is 5.76 Å². The molecule has 17 heavy (non-hydrogen) atoms. The number of ether oxygens (including phenoxy) is 1. The summed E-state index contributed by atoms with van der Waals surface area (Å²) in [6, 6.07) is 5.32. The highest BCUT2D eigenvalue weighted by Crippen LogP contribution is 2.20. The Balaban J connectivity index is 3.22. The lowest BCUT2D eigenvalue weighted by atomic mass is 10.1. The largest absolute Gasteiger partial charge is 0.505 e. The number of carbonyl (C=O) groups excluding carboxylic acids is 1. The molecule has 0 bridgehead atoms. The lowest BCUT2D eigenvalue weighted by Crippen LogP contribution is -2.08. The minimum Gasteiger partial charge on any atom is -0.505 e. The van der Waals surface area contributed by atoms with Crippen molar-refractivity contribution in [3.8, 4) is 0 Å². The van der Waals surface area contributed by atoms with Crippen LogP contribution in [0.3, 0.4) is 0 Å². The predicted octanol–water partition coefficient (Wildman–Crippen LogP) is 2.65. The quantitative estimate of drug-likeness (QED) is 0.366. The molecule has 1 aromatic carbocycles. The highest BCUT2D eigenvalue weighted by Gasteiger charge is 2.19. The number of nitrogens with zero attached hydrogens (tertiary/aromatic N) is 1. The maximum atomic E-state index is 13.3. The Kier molecular flexibility index (Phi) is 4.33. The molecule has 0 aliphatic carbocycles. The van der Waals surface area contributed by atoms with E-state index in [1.807, 2.05) is 0 Å². The van der Waals surface area contributed by atoms with E-state index in [1.54, 1.807) is 6.92 Å². The number of aliphatic hydroxyl groups excluding tert-OH is 1. The van der Waals surface area contributed by atoms with Crippen molar-refractivity contribution in [2.75, 3.05) is 6.61 Å². The van der Waals surface area contributed by atoms with E-state index in [4.69, 9.17) is 5.53 Å². The van der Waals surface area contributed by atoms with Crippen LogP contribution in [-0.4, -0.2) is 17.7 Å². The van der Waals surface area contributed by atoms with Crippen LogP contribution in [0.2, 0.25) is 0 Å². The van der Waals surface area contributed by atoms with E-state index >= 15 is 0 Å². The Morgan fingerprint density at radius 2 is 2.18 bits per heavy atom. The summed E-state index contributed by atoms with van der Waals surface area (Å²) in [5.74, 6) is -2.39. The molecule has 90 valence electrons. The summed E-state index contributed by atoms with van der Waals surface area (Å²) < 4.78 is 17.9. The van der Waals surface area contributed by atoms with Gasteiger partial charge in [-0.25, -0.2) is 14.7 Å². The van der Waals surface area contributed by atoms with Gasteiger partial charge in [-0.05, 0) is 19.1 Å². The zero-order valence-electron chi connectivity index (χ0n) is 9.11. The molecule has 0 heterocycles. The van der Waals surface area contributed by atoms with Crippen LogP contribution in [0.15, 0.2) is 35.1 Å². The van der Waals surface area contributed by atoms with Gasteiger partial charge in [0.2, 0.25) is 5.70 Å². The molecule has 5 nitrogen and oxygen atoms in total. The Bertz CT molecular complexity index is 472. The van der Waals surface area contributed by atoms with E-state index in [2.05, 4.69) is 9.85 Å². The monoisotopic (exact) mass is 238 g/mol. The fraction of sp³-hybridized carbons (Fsp3) is 0.182. The summed E-state index contributed by atoms with van der Waals surface area (Å²) in [4.78, 5) is 11.3. The molecule has 0 amide bonds. The Morgan fingerprint density at radius 3 is 2.71 bits per heavy atom. The second-order valence-corrected chi connectivity index (χ2v) is 3.01. The van der Waals surface area contributed by atoms with Crippen molar-refractivity contribution in [3.63, 3.8) is 0 Å². The van der Waals surface area contributed by atoms with Crippen molar-refractivity contribution in [2.24, 2.45) is 5.11 Å². The molecule has 0 aliphatic heterocycles. The maximum absolute atomic E-state index is 13.3. The average molecular weight is 238 g/mol. The number of carbonyl (C=O) groups is 1. The number of aliphatic hydroxyl groups is 1. The van der Waals surface area contributed by atoms with Gasteiger partial charge in [0.25, 0.3) is 0 Å². The van der Waals surface area contributed by atoms with Gasteiger partial charge in [0, 0.05) is 0 Å². The molecule has 2 N–H and O–H groups in total. The first kappa shape index (κ1) is 12.8. The minimum atomic E-state index is -0.969. The van der Waals surface area contributed by atoms with Crippen LogP contribution in [0.4, 0.5) is 4.39 Å². The highest BCUT2D eigenvalue weighted by molar-refractivity contribution is 5.95. The van der Waals surface area contributed by atoms with Crippen LogP contribution in [0.1, 0.15) is 12.5 Å². The molecule has 0 fully saturated rings. The van der Waals surface area contributed by atoms with Gasteiger partial charge in [-0.1, -0.05) is 12.1 Å². The van der Waals surface area contributed by atoms with Crippen LogP contribution < -0.4 is 0 Å². The number of halogens is 1. The first-order chi connectivity index (χ1) is 8.11. The van der Waals surface area contributed by atoms with Crippen molar-refractivity contribution >= 4 is 11.7 Å². The summed E-state index contributed by atoms with van der Waals surface area (Å²) >= 11 is 0. The minimum absolute atomic E-state index is 0.0718. The molecule has 1 aromatic rings. The molecular weight excluding hydrogens is 227 g/mol. The second kappa shape index (κ2) is 5.74. The third-order valence-corrected chi connectivity index (χ3v) is 1.93. The van der Waals surface area contributed by atoms with E-state index < -0.39 is 23.2 Å². The fourth-order valence-corrected chi connectivity index (χ4v) is 1.18. The van der Waals surface area contributed by atoms with E-state index in [-0.39, 0.29) is 12.2 Å². The average Bonchev–Trinajstić information content (AvgIpc) is 2.30. The van der Waals surface area contributed by atoms with Gasteiger partial charge in [-0.15, -0.1) is 5.11 Å². The molecule has 0 saturated carbocycles. The first-order valence-electron chi connectivity index (χ1n) is 4.84. The first-order valence-corrected chi connectivity index (χ1v) is 4.84. The second-order valence-electron chi connectivity index (χ2n) is 3.01. The van der Waals surface area contributed by atoms with Crippen LogP contribution in [-0.2, 0) is 9.53 Å². The Labute approximate surface area is 97.0 Å². The fourth-order valence-electron chi connectivity index (χ4n) is 1.18. The molecule has 0 aromatic heterocycles. The Hall–Kier alpha value is -2.24. The summed E-state index contributed by atoms with van der Waals surface area (Å²) in [6.07, 6.45) is 0. The lowest BCUT2D eigenvalue weighted by molar-refractivity contribution is -0.138. The molecule has 1 rings (SSSR count). The van der Waals surface area contributed by atoms with Gasteiger partial charge in [-0.2, -0.15) is 0 Å². The smallest absolute Gasteiger partial charge is 0.362 e. The van der Waals surface area contributed by atoms with E-state index in [9.17, 15) is 14.3 Å². The van der Waals surface area contributed by atoms with Crippen LogP contribution in [0.25, 0.3) is 5.76 Å². The predicted molar refractivity (Wildman–Crippen MR) is 57.7 cm³/mol. The third kappa shape index (κ3) is 2.87. The van der Waals surface area contributed by atoms with Gasteiger partial charge in [0.1, 0.15) is 5.82 Å². The van der Waals surface area contributed by atoms with E-state index in [0.717, 1.165) is 6.07 Å². The topological polar surface area (TPSA) is 82.7 Å². The van der Waals surface area contributed by atoms with Gasteiger partial charge < -0.3 is 9.84 Å². The summed E-state index contributed by atoms with van der Waals surface area (Å²) in [7, 11) is 0. The molecule has 0 radical (unpaired) electrons. The van der Waals surface area contributed by atoms with Gasteiger partial charge in [-0.3, -0.25) is 0 Å². The molecule has 0 aliphatic rings. The zero-order chi connectivity index (χ0) is 12.8. The number of esters is 1. The molecule has 0 atom stereocenters. The van der Waals surface area contributed by atoms with E-state index in [1.165, 1.54) is 18.2 Å². The van der Waals surface area contributed by atoms with Crippen molar-refractivity contribution in [2.45, 2.75) is 6.92 Å². The molecule has 0 unspecified atom stereocenters.